The molecule has 0 saturated heterocycles. The fourth-order valence-electron chi connectivity index (χ4n) is 1.72. The molecule has 1 N–H and O–H groups in total. The van der Waals surface area contributed by atoms with E-state index in [1.807, 2.05) is 25.1 Å². The Bertz CT molecular complexity index is 326. The number of hydrogen-bond donors (Lipinski definition) is 1. The van der Waals surface area contributed by atoms with Crippen LogP contribution in [0.1, 0.15) is 36.5 Å². The molecule has 0 aliphatic rings. The van der Waals surface area contributed by atoms with Crippen LogP contribution in [0.25, 0.3) is 0 Å². The summed E-state index contributed by atoms with van der Waals surface area (Å²) in [5.41, 5.74) is 1.91. The van der Waals surface area contributed by atoms with E-state index in [0.717, 1.165) is 37.0 Å². The van der Waals surface area contributed by atoms with Crippen molar-refractivity contribution in [1.82, 2.24) is 0 Å². The quantitative estimate of drug-likeness (QED) is 0.774. The predicted molar refractivity (Wildman–Crippen MR) is 66.9 cm³/mol. The third-order valence-corrected chi connectivity index (χ3v) is 3.15. The number of methoxy groups -OCH3 is 1. The van der Waals surface area contributed by atoms with Crippen LogP contribution in [0, 0.1) is 6.92 Å². The van der Waals surface area contributed by atoms with E-state index in [4.69, 9.17) is 16.3 Å². The number of rotatable bonds is 6. The minimum absolute atomic E-state index is 0.421. The van der Waals surface area contributed by atoms with Crippen molar-refractivity contribution in [2.24, 2.45) is 0 Å². The Kier molecular flexibility index (Phi) is 5.81. The summed E-state index contributed by atoms with van der Waals surface area (Å²) in [4.78, 5) is 0. The van der Waals surface area contributed by atoms with Crippen LogP contribution in [-0.4, -0.2) is 18.8 Å². The van der Waals surface area contributed by atoms with Gasteiger partial charge in [-0.25, -0.2) is 0 Å². The van der Waals surface area contributed by atoms with E-state index in [1.54, 1.807) is 7.11 Å². The maximum absolute atomic E-state index is 10.0. The smallest absolute Gasteiger partial charge is 0.0793 e. The van der Waals surface area contributed by atoms with Crippen LogP contribution in [0.15, 0.2) is 18.2 Å². The molecule has 0 saturated carbocycles. The van der Waals surface area contributed by atoms with Crippen molar-refractivity contribution in [1.29, 1.82) is 0 Å². The van der Waals surface area contributed by atoms with E-state index in [-0.39, 0.29) is 0 Å². The van der Waals surface area contributed by atoms with E-state index in [0.29, 0.717) is 5.02 Å². The highest BCUT2D eigenvalue weighted by Gasteiger charge is 2.11. The highest BCUT2D eigenvalue weighted by molar-refractivity contribution is 6.31. The van der Waals surface area contributed by atoms with Gasteiger partial charge in [-0.1, -0.05) is 23.7 Å². The van der Waals surface area contributed by atoms with Crippen molar-refractivity contribution in [2.45, 2.75) is 32.3 Å². The number of halogens is 1. The first-order valence-electron chi connectivity index (χ1n) is 5.59. The highest BCUT2D eigenvalue weighted by atomic mass is 35.5. The number of unbranched alkanes of at least 4 members (excludes halogenated alkanes) is 1. The van der Waals surface area contributed by atoms with Gasteiger partial charge < -0.3 is 9.84 Å². The molecule has 2 nitrogen and oxygen atoms in total. The first-order chi connectivity index (χ1) is 7.66. The van der Waals surface area contributed by atoms with Gasteiger partial charge in [0.2, 0.25) is 0 Å². The lowest BCUT2D eigenvalue weighted by Gasteiger charge is -2.14. The summed E-state index contributed by atoms with van der Waals surface area (Å²) in [7, 11) is 1.69. The largest absolute Gasteiger partial charge is 0.388 e. The zero-order valence-electron chi connectivity index (χ0n) is 9.87. The fourth-order valence-corrected chi connectivity index (χ4v) is 1.91. The lowest BCUT2D eigenvalue weighted by Crippen LogP contribution is -2.01. The summed E-state index contributed by atoms with van der Waals surface area (Å²) in [5.74, 6) is 0. The molecule has 1 rings (SSSR count). The van der Waals surface area contributed by atoms with Crippen LogP contribution in [0.5, 0.6) is 0 Å². The Labute approximate surface area is 102 Å². The van der Waals surface area contributed by atoms with Gasteiger partial charge in [0.05, 0.1) is 6.10 Å². The first-order valence-corrected chi connectivity index (χ1v) is 5.96. The average Bonchev–Trinajstić information content (AvgIpc) is 2.28. The monoisotopic (exact) mass is 242 g/mol. The zero-order chi connectivity index (χ0) is 12.0. The number of hydrogen-bond acceptors (Lipinski definition) is 2. The summed E-state index contributed by atoms with van der Waals surface area (Å²) in [6.07, 6.45) is 2.27. The molecule has 90 valence electrons. The summed E-state index contributed by atoms with van der Waals surface area (Å²) < 4.78 is 4.97. The molecule has 0 bridgehead atoms. The van der Waals surface area contributed by atoms with Gasteiger partial charge in [-0.2, -0.15) is 0 Å². The van der Waals surface area contributed by atoms with Gasteiger partial charge in [0.25, 0.3) is 0 Å². The maximum atomic E-state index is 10.0. The van der Waals surface area contributed by atoms with Crippen LogP contribution in [-0.2, 0) is 4.74 Å². The Balaban J connectivity index is 2.52. The van der Waals surface area contributed by atoms with E-state index in [2.05, 4.69) is 0 Å². The Morgan fingerprint density at radius 1 is 1.38 bits per heavy atom. The Hall–Kier alpha value is -0.570. The number of ether oxygens (including phenoxy) is 1. The van der Waals surface area contributed by atoms with Crippen LogP contribution >= 0.6 is 11.6 Å². The molecule has 1 aromatic rings. The maximum Gasteiger partial charge on any atom is 0.0793 e. The standard InChI is InChI=1S/C13H19ClO2/c1-10-11(6-5-7-12(10)14)13(15)8-3-4-9-16-2/h5-7,13,15H,3-4,8-9H2,1-2H3. The van der Waals surface area contributed by atoms with Crippen molar-refractivity contribution in [3.63, 3.8) is 0 Å². The minimum Gasteiger partial charge on any atom is -0.388 e. The molecule has 1 aromatic carbocycles. The van der Waals surface area contributed by atoms with Crippen molar-refractivity contribution < 1.29 is 9.84 Å². The molecule has 0 heterocycles. The molecule has 0 aliphatic heterocycles. The summed E-state index contributed by atoms with van der Waals surface area (Å²) >= 11 is 6.01. The zero-order valence-corrected chi connectivity index (χ0v) is 10.6. The summed E-state index contributed by atoms with van der Waals surface area (Å²) in [6, 6.07) is 5.66. The summed E-state index contributed by atoms with van der Waals surface area (Å²) in [5, 5.41) is 10.7. The second-order valence-electron chi connectivity index (χ2n) is 3.96. The van der Waals surface area contributed by atoms with E-state index in [9.17, 15) is 5.11 Å². The van der Waals surface area contributed by atoms with Crippen molar-refractivity contribution in [3.8, 4) is 0 Å². The third-order valence-electron chi connectivity index (χ3n) is 2.74. The van der Waals surface area contributed by atoms with Crippen molar-refractivity contribution >= 4 is 11.6 Å². The van der Waals surface area contributed by atoms with E-state index < -0.39 is 6.10 Å². The Morgan fingerprint density at radius 2 is 2.12 bits per heavy atom. The third kappa shape index (κ3) is 3.78. The van der Waals surface area contributed by atoms with E-state index >= 15 is 0 Å². The molecular formula is C13H19ClO2. The van der Waals surface area contributed by atoms with Gasteiger partial charge in [-0.15, -0.1) is 0 Å². The van der Waals surface area contributed by atoms with Crippen LogP contribution < -0.4 is 0 Å². The second-order valence-corrected chi connectivity index (χ2v) is 4.37. The fraction of sp³-hybridized carbons (Fsp3) is 0.538. The minimum atomic E-state index is -0.421. The van der Waals surface area contributed by atoms with Gasteiger partial charge in [0, 0.05) is 18.7 Å². The van der Waals surface area contributed by atoms with Crippen molar-refractivity contribution in [3.05, 3.63) is 34.3 Å². The van der Waals surface area contributed by atoms with Crippen LogP contribution in [0.4, 0.5) is 0 Å². The molecule has 1 unspecified atom stereocenters. The molecule has 0 amide bonds. The van der Waals surface area contributed by atoms with Gasteiger partial charge in [-0.3, -0.25) is 0 Å². The molecule has 0 fully saturated rings. The number of aliphatic hydroxyl groups is 1. The predicted octanol–water partition coefficient (Wildman–Crippen LogP) is 3.50. The average molecular weight is 243 g/mol. The SMILES string of the molecule is COCCCCC(O)c1cccc(Cl)c1C. The van der Waals surface area contributed by atoms with Gasteiger partial charge >= 0.3 is 0 Å². The number of benzene rings is 1. The molecule has 0 aliphatic carbocycles. The van der Waals surface area contributed by atoms with Gasteiger partial charge in [-0.05, 0) is 43.4 Å². The Morgan fingerprint density at radius 3 is 2.81 bits per heavy atom. The normalized spacial score (nSPS) is 12.8. The topological polar surface area (TPSA) is 29.5 Å². The molecule has 0 spiro atoms. The molecule has 1 atom stereocenters. The van der Waals surface area contributed by atoms with Gasteiger partial charge in [0.15, 0.2) is 0 Å². The molecule has 16 heavy (non-hydrogen) atoms. The molecule has 3 heteroatoms. The van der Waals surface area contributed by atoms with Gasteiger partial charge in [0.1, 0.15) is 0 Å². The van der Waals surface area contributed by atoms with Crippen LogP contribution in [0.2, 0.25) is 5.02 Å². The molecule has 0 radical (unpaired) electrons. The van der Waals surface area contributed by atoms with E-state index in [1.165, 1.54) is 0 Å². The summed E-state index contributed by atoms with van der Waals surface area (Å²) in [6.45, 7) is 2.69. The first kappa shape index (κ1) is 13.5. The molecule has 0 aromatic heterocycles. The lowest BCUT2D eigenvalue weighted by atomic mass is 9.99. The molecular weight excluding hydrogens is 224 g/mol. The highest BCUT2D eigenvalue weighted by Crippen LogP contribution is 2.27. The number of aliphatic hydroxyl groups excluding tert-OH is 1. The van der Waals surface area contributed by atoms with Crippen molar-refractivity contribution in [2.75, 3.05) is 13.7 Å². The second kappa shape index (κ2) is 6.89. The lowest BCUT2D eigenvalue weighted by molar-refractivity contribution is 0.150. The van der Waals surface area contributed by atoms with Crippen LogP contribution in [0.3, 0.4) is 0 Å².